The molecule has 0 fully saturated rings. The van der Waals surface area contributed by atoms with Gasteiger partial charge in [0.2, 0.25) is 0 Å². The minimum absolute atomic E-state index is 0.160. The topological polar surface area (TPSA) is 33.1 Å². The van der Waals surface area contributed by atoms with E-state index in [2.05, 4.69) is 34.6 Å². The maximum absolute atomic E-state index is 8.90. The molecule has 2 aromatic heterocycles. The van der Waals surface area contributed by atoms with Crippen LogP contribution >= 0.6 is 22.7 Å². The molecule has 2 nitrogen and oxygen atoms in total. The summed E-state index contributed by atoms with van der Waals surface area (Å²) in [5.74, 6) is 0. The normalized spacial score (nSPS) is 11.1. The van der Waals surface area contributed by atoms with Gasteiger partial charge in [-0.25, -0.2) is 4.98 Å². The van der Waals surface area contributed by atoms with Crippen LogP contribution in [-0.4, -0.2) is 16.7 Å². The zero-order valence-corrected chi connectivity index (χ0v) is 10.7. The Morgan fingerprint density at radius 3 is 2.88 bits per heavy atom. The third kappa shape index (κ3) is 1.99. The lowest BCUT2D eigenvalue weighted by Gasteiger charge is -1.93. The van der Waals surface area contributed by atoms with Gasteiger partial charge < -0.3 is 5.11 Å². The molecule has 1 N–H and O–H groups in total. The predicted molar refractivity (Wildman–Crippen MR) is 73.7 cm³/mol. The number of fused-ring (bicyclic) bond motifs is 1. The SMILES string of the molecule is OCCc1csc(-c2csc3ccccc23)n1. The molecule has 0 radical (unpaired) electrons. The van der Waals surface area contributed by atoms with Crippen molar-refractivity contribution in [1.82, 2.24) is 4.98 Å². The molecule has 0 bridgehead atoms. The number of thiophene rings is 1. The highest BCUT2D eigenvalue weighted by Gasteiger charge is 2.09. The van der Waals surface area contributed by atoms with Gasteiger partial charge in [-0.3, -0.25) is 0 Å². The molecule has 0 spiro atoms. The van der Waals surface area contributed by atoms with Gasteiger partial charge in [-0.1, -0.05) is 18.2 Å². The van der Waals surface area contributed by atoms with Crippen LogP contribution in [-0.2, 0) is 6.42 Å². The van der Waals surface area contributed by atoms with Crippen LogP contribution in [0.25, 0.3) is 20.7 Å². The first kappa shape index (κ1) is 10.9. The van der Waals surface area contributed by atoms with E-state index in [1.807, 2.05) is 5.38 Å². The van der Waals surface area contributed by atoms with Crippen LogP contribution in [0, 0.1) is 0 Å². The lowest BCUT2D eigenvalue weighted by atomic mass is 10.2. The molecule has 4 heteroatoms. The van der Waals surface area contributed by atoms with Crippen molar-refractivity contribution in [2.75, 3.05) is 6.61 Å². The van der Waals surface area contributed by atoms with Gasteiger partial charge in [-0.2, -0.15) is 0 Å². The van der Waals surface area contributed by atoms with Crippen LogP contribution in [0.1, 0.15) is 5.69 Å². The highest BCUT2D eigenvalue weighted by molar-refractivity contribution is 7.18. The summed E-state index contributed by atoms with van der Waals surface area (Å²) in [6, 6.07) is 8.38. The molecule has 0 saturated heterocycles. The van der Waals surface area contributed by atoms with Crippen LogP contribution in [0.15, 0.2) is 35.0 Å². The van der Waals surface area contributed by atoms with Crippen molar-refractivity contribution in [2.45, 2.75) is 6.42 Å². The quantitative estimate of drug-likeness (QED) is 0.782. The highest BCUT2D eigenvalue weighted by atomic mass is 32.1. The Balaban J connectivity index is 2.07. The maximum Gasteiger partial charge on any atom is 0.125 e. The van der Waals surface area contributed by atoms with Crippen LogP contribution < -0.4 is 0 Å². The fourth-order valence-corrected chi connectivity index (χ4v) is 3.71. The van der Waals surface area contributed by atoms with Gasteiger partial charge in [-0.15, -0.1) is 22.7 Å². The van der Waals surface area contributed by atoms with E-state index < -0.39 is 0 Å². The fourth-order valence-electron chi connectivity index (χ4n) is 1.80. The van der Waals surface area contributed by atoms with Gasteiger partial charge in [0.25, 0.3) is 0 Å². The van der Waals surface area contributed by atoms with Crippen molar-refractivity contribution in [1.29, 1.82) is 0 Å². The van der Waals surface area contributed by atoms with Gasteiger partial charge in [0.05, 0.1) is 5.69 Å². The Morgan fingerprint density at radius 1 is 1.12 bits per heavy atom. The third-order valence-corrected chi connectivity index (χ3v) is 4.52. The summed E-state index contributed by atoms with van der Waals surface area (Å²) in [5.41, 5.74) is 2.18. The second-order valence-electron chi connectivity index (χ2n) is 3.76. The Kier molecular flexibility index (Phi) is 2.93. The molecule has 0 atom stereocenters. The summed E-state index contributed by atoms with van der Waals surface area (Å²) < 4.78 is 1.29. The third-order valence-electron chi connectivity index (χ3n) is 2.63. The van der Waals surface area contributed by atoms with E-state index in [-0.39, 0.29) is 6.61 Å². The van der Waals surface area contributed by atoms with Gasteiger partial charge in [-0.05, 0) is 6.07 Å². The van der Waals surface area contributed by atoms with Crippen molar-refractivity contribution in [3.63, 3.8) is 0 Å². The Labute approximate surface area is 107 Å². The molecule has 0 aliphatic heterocycles. The number of benzene rings is 1. The number of aromatic nitrogens is 1. The molecule has 0 aliphatic rings. The molecule has 17 heavy (non-hydrogen) atoms. The first-order valence-corrected chi connectivity index (χ1v) is 7.16. The second-order valence-corrected chi connectivity index (χ2v) is 5.53. The number of rotatable bonds is 3. The maximum atomic E-state index is 8.90. The zero-order valence-electron chi connectivity index (χ0n) is 9.09. The van der Waals surface area contributed by atoms with Gasteiger partial charge in [0.15, 0.2) is 0 Å². The minimum atomic E-state index is 0.160. The average molecular weight is 261 g/mol. The number of hydrogen-bond donors (Lipinski definition) is 1. The van der Waals surface area contributed by atoms with E-state index in [9.17, 15) is 0 Å². The Hall–Kier alpha value is -1.23. The van der Waals surface area contributed by atoms with E-state index in [0.717, 1.165) is 10.7 Å². The first-order chi connectivity index (χ1) is 8.38. The molecule has 0 unspecified atom stereocenters. The van der Waals surface area contributed by atoms with E-state index in [4.69, 9.17) is 5.11 Å². The molecular weight excluding hydrogens is 250 g/mol. The van der Waals surface area contributed by atoms with Crippen molar-refractivity contribution in [3.05, 3.63) is 40.7 Å². The first-order valence-electron chi connectivity index (χ1n) is 5.40. The summed E-state index contributed by atoms with van der Waals surface area (Å²) in [6.45, 7) is 0.160. The van der Waals surface area contributed by atoms with Crippen molar-refractivity contribution >= 4 is 32.8 Å². The summed E-state index contributed by atoms with van der Waals surface area (Å²) in [7, 11) is 0. The highest BCUT2D eigenvalue weighted by Crippen LogP contribution is 2.35. The molecule has 3 rings (SSSR count). The molecule has 86 valence electrons. The summed E-state index contributed by atoms with van der Waals surface area (Å²) >= 11 is 3.40. The number of thiazole rings is 1. The average Bonchev–Trinajstić information content (AvgIpc) is 2.95. The predicted octanol–water partition coefficient (Wildman–Crippen LogP) is 3.56. The standard InChI is InChI=1S/C13H11NOS2/c15-6-5-9-7-17-13(14-9)11-8-16-12-4-2-1-3-10(11)12/h1-4,7-8,15H,5-6H2. The van der Waals surface area contributed by atoms with Gasteiger partial charge in [0, 0.05) is 39.4 Å². The van der Waals surface area contributed by atoms with Crippen LogP contribution in [0.4, 0.5) is 0 Å². The number of nitrogens with zero attached hydrogens (tertiary/aromatic N) is 1. The van der Waals surface area contributed by atoms with Crippen molar-refractivity contribution < 1.29 is 5.11 Å². The molecule has 0 aliphatic carbocycles. The van der Waals surface area contributed by atoms with Crippen LogP contribution in [0.5, 0.6) is 0 Å². The van der Waals surface area contributed by atoms with Crippen LogP contribution in [0.3, 0.4) is 0 Å². The van der Waals surface area contributed by atoms with Gasteiger partial charge >= 0.3 is 0 Å². The largest absolute Gasteiger partial charge is 0.396 e. The molecule has 2 heterocycles. The van der Waals surface area contributed by atoms with E-state index >= 15 is 0 Å². The molecule has 3 aromatic rings. The van der Waals surface area contributed by atoms with Crippen molar-refractivity contribution in [3.8, 4) is 10.6 Å². The second kappa shape index (κ2) is 4.56. The number of hydrogen-bond acceptors (Lipinski definition) is 4. The number of aliphatic hydroxyl groups excluding tert-OH is 1. The van der Waals surface area contributed by atoms with Crippen LogP contribution in [0.2, 0.25) is 0 Å². The molecule has 0 saturated carbocycles. The molecule has 0 amide bonds. The van der Waals surface area contributed by atoms with E-state index in [1.165, 1.54) is 15.6 Å². The number of aliphatic hydroxyl groups is 1. The smallest absolute Gasteiger partial charge is 0.125 e. The summed E-state index contributed by atoms with van der Waals surface area (Å²) in [4.78, 5) is 4.56. The Morgan fingerprint density at radius 2 is 2.00 bits per heavy atom. The minimum Gasteiger partial charge on any atom is -0.396 e. The lowest BCUT2D eigenvalue weighted by Crippen LogP contribution is -1.89. The monoisotopic (exact) mass is 261 g/mol. The summed E-state index contributed by atoms with van der Waals surface area (Å²) in [6.07, 6.45) is 0.637. The van der Waals surface area contributed by atoms with E-state index in [1.54, 1.807) is 22.7 Å². The lowest BCUT2D eigenvalue weighted by molar-refractivity contribution is 0.298. The summed E-state index contributed by atoms with van der Waals surface area (Å²) in [5, 5.41) is 15.4. The molecular formula is C13H11NOS2. The van der Waals surface area contributed by atoms with Crippen molar-refractivity contribution in [2.24, 2.45) is 0 Å². The zero-order chi connectivity index (χ0) is 11.7. The fraction of sp³-hybridized carbons (Fsp3) is 0.154. The Bertz CT molecular complexity index is 641. The molecule has 1 aromatic carbocycles. The van der Waals surface area contributed by atoms with Gasteiger partial charge in [0.1, 0.15) is 5.01 Å². The van der Waals surface area contributed by atoms with E-state index in [0.29, 0.717) is 6.42 Å².